The third-order valence-corrected chi connectivity index (χ3v) is 4.28. The number of hydrogen-bond donors (Lipinski definition) is 1. The summed E-state index contributed by atoms with van der Waals surface area (Å²) < 4.78 is 0. The van der Waals surface area contributed by atoms with Crippen molar-refractivity contribution < 1.29 is 0 Å². The fraction of sp³-hybridized carbons (Fsp3) is 1.00. The van der Waals surface area contributed by atoms with Gasteiger partial charge in [0.1, 0.15) is 0 Å². The van der Waals surface area contributed by atoms with Crippen LogP contribution in [-0.2, 0) is 0 Å². The van der Waals surface area contributed by atoms with E-state index >= 15 is 0 Å². The fourth-order valence-corrected chi connectivity index (χ4v) is 2.93. The fourth-order valence-electron chi connectivity index (χ4n) is 2.93. The van der Waals surface area contributed by atoms with Crippen molar-refractivity contribution in [2.24, 2.45) is 0 Å². The Morgan fingerprint density at radius 1 is 1.12 bits per heavy atom. The zero-order valence-electron chi connectivity index (χ0n) is 11.7. The maximum absolute atomic E-state index is 3.59. The molecule has 0 aromatic rings. The summed E-state index contributed by atoms with van der Waals surface area (Å²) in [6, 6.07) is 1.42. The first kappa shape index (κ1) is 13.3. The molecule has 4 heteroatoms. The summed E-state index contributed by atoms with van der Waals surface area (Å²) in [4.78, 5) is 7.64. The van der Waals surface area contributed by atoms with Crippen LogP contribution in [0.5, 0.6) is 0 Å². The molecule has 100 valence electrons. The number of likely N-dealkylation sites (N-methyl/N-ethyl adjacent to an activating group) is 2. The molecule has 0 amide bonds. The summed E-state index contributed by atoms with van der Waals surface area (Å²) in [5.74, 6) is 0. The normalized spacial score (nSPS) is 34.1. The van der Waals surface area contributed by atoms with Crippen LogP contribution in [0.25, 0.3) is 0 Å². The zero-order valence-corrected chi connectivity index (χ0v) is 11.7. The van der Waals surface area contributed by atoms with E-state index in [4.69, 9.17) is 0 Å². The average molecular weight is 240 g/mol. The Bertz CT molecular complexity index is 233. The van der Waals surface area contributed by atoms with Crippen molar-refractivity contribution in [2.75, 3.05) is 59.9 Å². The summed E-state index contributed by atoms with van der Waals surface area (Å²) in [5, 5.41) is 3.59. The van der Waals surface area contributed by atoms with Crippen molar-refractivity contribution in [2.45, 2.75) is 25.4 Å². The van der Waals surface area contributed by atoms with Crippen molar-refractivity contribution in [1.82, 2.24) is 20.0 Å². The van der Waals surface area contributed by atoms with Crippen LogP contribution in [0.4, 0.5) is 0 Å². The van der Waals surface area contributed by atoms with Crippen LogP contribution in [0.1, 0.15) is 13.3 Å². The minimum Gasteiger partial charge on any atom is -0.311 e. The van der Waals surface area contributed by atoms with Crippen LogP contribution >= 0.6 is 0 Å². The molecule has 17 heavy (non-hydrogen) atoms. The molecule has 2 rings (SSSR count). The van der Waals surface area contributed by atoms with Crippen molar-refractivity contribution in [3.8, 4) is 0 Å². The van der Waals surface area contributed by atoms with E-state index in [1.807, 2.05) is 0 Å². The monoisotopic (exact) mass is 240 g/mol. The summed E-state index contributed by atoms with van der Waals surface area (Å²) in [7, 11) is 4.52. The first-order valence-electron chi connectivity index (χ1n) is 7.03. The Balaban J connectivity index is 1.82. The lowest BCUT2D eigenvalue weighted by Gasteiger charge is -2.42. The SMILES string of the molecule is CCC1CN(CC2CN(C)CCN2C)CCN1. The van der Waals surface area contributed by atoms with E-state index in [0.29, 0.717) is 12.1 Å². The molecule has 0 aromatic heterocycles. The standard InChI is InChI=1S/C13H28N4/c1-4-12-9-17(6-5-14-12)11-13-10-15(2)7-8-16(13)3/h12-14H,4-11H2,1-3H3. The van der Waals surface area contributed by atoms with E-state index < -0.39 is 0 Å². The molecule has 1 N–H and O–H groups in total. The van der Waals surface area contributed by atoms with E-state index in [9.17, 15) is 0 Å². The molecule has 2 heterocycles. The minimum atomic E-state index is 0.704. The van der Waals surface area contributed by atoms with Crippen LogP contribution in [-0.4, -0.2) is 86.7 Å². The highest BCUT2D eigenvalue weighted by Crippen LogP contribution is 2.10. The topological polar surface area (TPSA) is 21.8 Å². The van der Waals surface area contributed by atoms with Crippen molar-refractivity contribution in [3.05, 3.63) is 0 Å². The Morgan fingerprint density at radius 3 is 2.71 bits per heavy atom. The van der Waals surface area contributed by atoms with Gasteiger partial charge in [-0.25, -0.2) is 0 Å². The van der Waals surface area contributed by atoms with E-state index in [1.54, 1.807) is 0 Å². The second-order valence-corrected chi connectivity index (χ2v) is 5.72. The first-order valence-corrected chi connectivity index (χ1v) is 7.03. The summed E-state index contributed by atoms with van der Waals surface area (Å²) in [6.45, 7) is 10.8. The lowest BCUT2D eigenvalue weighted by atomic mass is 10.1. The highest BCUT2D eigenvalue weighted by molar-refractivity contribution is 4.85. The van der Waals surface area contributed by atoms with Gasteiger partial charge in [-0.3, -0.25) is 9.80 Å². The summed E-state index contributed by atoms with van der Waals surface area (Å²) >= 11 is 0. The number of nitrogens with zero attached hydrogens (tertiary/aromatic N) is 3. The number of piperazine rings is 2. The maximum atomic E-state index is 3.59. The van der Waals surface area contributed by atoms with Gasteiger partial charge < -0.3 is 10.2 Å². The molecule has 2 aliphatic heterocycles. The second kappa shape index (κ2) is 6.14. The molecule has 2 fully saturated rings. The van der Waals surface area contributed by atoms with Crippen LogP contribution in [0, 0.1) is 0 Å². The molecule has 2 unspecified atom stereocenters. The van der Waals surface area contributed by atoms with Gasteiger partial charge in [-0.05, 0) is 20.5 Å². The van der Waals surface area contributed by atoms with Gasteiger partial charge in [-0.1, -0.05) is 6.92 Å². The van der Waals surface area contributed by atoms with Crippen LogP contribution in [0.15, 0.2) is 0 Å². The Labute approximate surface area is 106 Å². The van der Waals surface area contributed by atoms with Crippen LogP contribution in [0.3, 0.4) is 0 Å². The molecule has 0 bridgehead atoms. The first-order chi connectivity index (χ1) is 8.19. The molecule has 0 aromatic carbocycles. The predicted octanol–water partition coefficient (Wildman–Crippen LogP) is -0.0840. The zero-order chi connectivity index (χ0) is 12.3. The van der Waals surface area contributed by atoms with Gasteiger partial charge in [-0.15, -0.1) is 0 Å². The third kappa shape index (κ3) is 3.65. The third-order valence-electron chi connectivity index (χ3n) is 4.28. The molecule has 0 saturated carbocycles. The van der Waals surface area contributed by atoms with Gasteiger partial charge in [0.25, 0.3) is 0 Å². The van der Waals surface area contributed by atoms with Gasteiger partial charge in [0.05, 0.1) is 0 Å². The highest BCUT2D eigenvalue weighted by Gasteiger charge is 2.26. The van der Waals surface area contributed by atoms with Crippen molar-refractivity contribution in [3.63, 3.8) is 0 Å². The molecule has 0 radical (unpaired) electrons. The van der Waals surface area contributed by atoms with Crippen molar-refractivity contribution >= 4 is 0 Å². The molecular weight excluding hydrogens is 212 g/mol. The predicted molar refractivity (Wildman–Crippen MR) is 72.4 cm³/mol. The van der Waals surface area contributed by atoms with Gasteiger partial charge >= 0.3 is 0 Å². The smallest absolute Gasteiger partial charge is 0.0347 e. The lowest BCUT2D eigenvalue weighted by molar-refractivity contribution is 0.0719. The highest BCUT2D eigenvalue weighted by atomic mass is 15.3. The summed E-state index contributed by atoms with van der Waals surface area (Å²) in [6.07, 6.45) is 1.25. The van der Waals surface area contributed by atoms with E-state index in [-0.39, 0.29) is 0 Å². The maximum Gasteiger partial charge on any atom is 0.0347 e. The van der Waals surface area contributed by atoms with E-state index in [2.05, 4.69) is 41.0 Å². The molecule has 2 saturated heterocycles. The largest absolute Gasteiger partial charge is 0.311 e. The molecule has 2 atom stereocenters. The van der Waals surface area contributed by atoms with Crippen LogP contribution < -0.4 is 5.32 Å². The van der Waals surface area contributed by atoms with Gasteiger partial charge in [0.2, 0.25) is 0 Å². The molecule has 0 aliphatic carbocycles. The molecule has 4 nitrogen and oxygen atoms in total. The number of rotatable bonds is 3. The molecular formula is C13H28N4. The lowest BCUT2D eigenvalue weighted by Crippen LogP contribution is -2.58. The Morgan fingerprint density at radius 2 is 1.94 bits per heavy atom. The number of hydrogen-bond acceptors (Lipinski definition) is 4. The Hall–Kier alpha value is -0.160. The van der Waals surface area contributed by atoms with Gasteiger partial charge in [-0.2, -0.15) is 0 Å². The second-order valence-electron chi connectivity index (χ2n) is 5.72. The molecule has 0 spiro atoms. The van der Waals surface area contributed by atoms with E-state index in [1.165, 1.54) is 45.7 Å². The van der Waals surface area contributed by atoms with Gasteiger partial charge in [0.15, 0.2) is 0 Å². The average Bonchev–Trinajstić information content (AvgIpc) is 2.34. The Kier molecular flexibility index (Phi) is 4.79. The minimum absolute atomic E-state index is 0.704. The van der Waals surface area contributed by atoms with Crippen LogP contribution in [0.2, 0.25) is 0 Å². The quantitative estimate of drug-likeness (QED) is 0.744. The van der Waals surface area contributed by atoms with E-state index in [0.717, 1.165) is 6.54 Å². The summed E-state index contributed by atoms with van der Waals surface area (Å²) in [5.41, 5.74) is 0. The van der Waals surface area contributed by atoms with Crippen molar-refractivity contribution in [1.29, 1.82) is 0 Å². The number of nitrogens with one attached hydrogen (secondary N) is 1. The van der Waals surface area contributed by atoms with Gasteiger partial charge in [0, 0.05) is 57.9 Å². The molecule has 2 aliphatic rings.